The fraction of sp³-hybridized carbons (Fsp3) is 0.357. The summed E-state index contributed by atoms with van der Waals surface area (Å²) >= 11 is 0. The van der Waals surface area contributed by atoms with Crippen molar-refractivity contribution in [3.8, 4) is 11.3 Å². The van der Waals surface area contributed by atoms with Crippen LogP contribution in [0, 0.1) is 0 Å². The van der Waals surface area contributed by atoms with Gasteiger partial charge in [-0.15, -0.1) is 5.10 Å². The molecule has 0 radical (unpaired) electrons. The Kier molecular flexibility index (Phi) is 3.37. The maximum atomic E-state index is 9.52. The molecule has 1 saturated heterocycles. The second-order valence-corrected chi connectivity index (χ2v) is 4.73. The zero-order valence-corrected chi connectivity index (χ0v) is 10.6. The normalized spacial score (nSPS) is 16.6. The Hall–Kier alpha value is -2.01. The van der Waals surface area contributed by atoms with E-state index in [1.165, 1.54) is 0 Å². The number of nitrogens with zero attached hydrogens (tertiary/aromatic N) is 4. The number of anilines is 1. The first kappa shape index (κ1) is 12.0. The van der Waals surface area contributed by atoms with Crippen molar-refractivity contribution in [3.63, 3.8) is 0 Å². The van der Waals surface area contributed by atoms with Gasteiger partial charge in [0.15, 0.2) is 0 Å². The molecule has 5 heteroatoms. The van der Waals surface area contributed by atoms with Gasteiger partial charge in [-0.25, -0.2) is 4.98 Å². The summed E-state index contributed by atoms with van der Waals surface area (Å²) in [5, 5.41) is 17.7. The number of piperidine rings is 1. The van der Waals surface area contributed by atoms with Gasteiger partial charge in [0.05, 0.1) is 18.0 Å². The first-order valence-corrected chi connectivity index (χ1v) is 6.51. The molecule has 0 unspecified atom stereocenters. The topological polar surface area (TPSA) is 62.1 Å². The van der Waals surface area contributed by atoms with E-state index in [0.717, 1.165) is 37.2 Å². The smallest absolute Gasteiger partial charge is 0.245 e. The highest BCUT2D eigenvalue weighted by atomic mass is 16.3. The highest BCUT2D eigenvalue weighted by molar-refractivity contribution is 5.58. The molecule has 3 rings (SSSR count). The summed E-state index contributed by atoms with van der Waals surface area (Å²) in [6.07, 6.45) is 3.01. The van der Waals surface area contributed by atoms with Crippen molar-refractivity contribution in [3.05, 3.63) is 36.5 Å². The molecule has 0 saturated carbocycles. The van der Waals surface area contributed by atoms with Gasteiger partial charge < -0.3 is 10.0 Å². The van der Waals surface area contributed by atoms with Crippen LogP contribution < -0.4 is 4.90 Å². The fourth-order valence-corrected chi connectivity index (χ4v) is 2.24. The summed E-state index contributed by atoms with van der Waals surface area (Å²) in [7, 11) is 0. The predicted molar refractivity (Wildman–Crippen MR) is 72.7 cm³/mol. The lowest BCUT2D eigenvalue weighted by Crippen LogP contribution is -2.37. The van der Waals surface area contributed by atoms with Crippen LogP contribution in [0.4, 0.5) is 5.95 Å². The molecule has 19 heavy (non-hydrogen) atoms. The van der Waals surface area contributed by atoms with E-state index in [4.69, 9.17) is 0 Å². The largest absolute Gasteiger partial charge is 0.393 e. The molecule has 1 fully saturated rings. The molecular weight excluding hydrogens is 240 g/mol. The molecule has 2 aromatic rings. The summed E-state index contributed by atoms with van der Waals surface area (Å²) in [6, 6.07) is 9.95. The van der Waals surface area contributed by atoms with Gasteiger partial charge in [0, 0.05) is 18.7 Å². The van der Waals surface area contributed by atoms with Gasteiger partial charge in [0.25, 0.3) is 0 Å². The standard InChI is InChI=1S/C14H16N4O/c19-12-6-8-18(9-7-12)14-16-13(10-15-17-14)11-4-2-1-3-5-11/h1-5,10,12,19H,6-9H2. The van der Waals surface area contributed by atoms with Crippen molar-refractivity contribution in [1.29, 1.82) is 0 Å². The molecule has 0 amide bonds. The highest BCUT2D eigenvalue weighted by Gasteiger charge is 2.19. The summed E-state index contributed by atoms with van der Waals surface area (Å²) < 4.78 is 0. The van der Waals surface area contributed by atoms with E-state index >= 15 is 0 Å². The Balaban J connectivity index is 1.84. The van der Waals surface area contributed by atoms with Gasteiger partial charge in [-0.1, -0.05) is 30.3 Å². The van der Waals surface area contributed by atoms with Crippen molar-refractivity contribution >= 4 is 5.95 Å². The second kappa shape index (κ2) is 5.32. The molecule has 0 aliphatic carbocycles. The van der Waals surface area contributed by atoms with Gasteiger partial charge in [0.2, 0.25) is 5.95 Å². The van der Waals surface area contributed by atoms with Crippen LogP contribution in [-0.2, 0) is 0 Å². The average Bonchev–Trinajstić information content (AvgIpc) is 2.49. The molecule has 0 atom stereocenters. The molecule has 98 valence electrons. The third-order valence-electron chi connectivity index (χ3n) is 3.36. The van der Waals surface area contributed by atoms with Crippen molar-refractivity contribution < 1.29 is 5.11 Å². The van der Waals surface area contributed by atoms with Crippen LogP contribution >= 0.6 is 0 Å². The fourth-order valence-electron chi connectivity index (χ4n) is 2.24. The third-order valence-corrected chi connectivity index (χ3v) is 3.36. The molecule has 1 aromatic carbocycles. The van der Waals surface area contributed by atoms with Crippen LogP contribution in [0.1, 0.15) is 12.8 Å². The van der Waals surface area contributed by atoms with E-state index in [-0.39, 0.29) is 6.10 Å². The van der Waals surface area contributed by atoms with Crippen molar-refractivity contribution in [2.45, 2.75) is 18.9 Å². The lowest BCUT2D eigenvalue weighted by atomic mass is 10.1. The molecular formula is C14H16N4O. The minimum absolute atomic E-state index is 0.193. The minimum atomic E-state index is -0.193. The maximum absolute atomic E-state index is 9.52. The maximum Gasteiger partial charge on any atom is 0.245 e. The molecule has 1 N–H and O–H groups in total. The molecule has 1 aromatic heterocycles. The van der Waals surface area contributed by atoms with Crippen LogP contribution in [0.3, 0.4) is 0 Å². The molecule has 0 spiro atoms. The molecule has 2 heterocycles. The van der Waals surface area contributed by atoms with E-state index < -0.39 is 0 Å². The van der Waals surface area contributed by atoms with E-state index in [1.807, 2.05) is 30.3 Å². The summed E-state index contributed by atoms with van der Waals surface area (Å²) in [6.45, 7) is 1.56. The number of aromatic nitrogens is 3. The highest BCUT2D eigenvalue weighted by Crippen LogP contribution is 2.19. The monoisotopic (exact) mass is 256 g/mol. The van der Waals surface area contributed by atoms with Crippen molar-refractivity contribution in [2.24, 2.45) is 0 Å². The summed E-state index contributed by atoms with van der Waals surface area (Å²) in [5.41, 5.74) is 1.87. The van der Waals surface area contributed by atoms with Gasteiger partial charge in [-0.2, -0.15) is 5.10 Å². The first-order chi connectivity index (χ1) is 9.33. The molecule has 1 aliphatic heterocycles. The Morgan fingerprint density at radius 1 is 1.11 bits per heavy atom. The van der Waals surface area contributed by atoms with Crippen LogP contribution in [0.15, 0.2) is 36.5 Å². The number of benzene rings is 1. The Morgan fingerprint density at radius 3 is 2.58 bits per heavy atom. The van der Waals surface area contributed by atoms with Crippen molar-refractivity contribution in [2.75, 3.05) is 18.0 Å². The van der Waals surface area contributed by atoms with E-state index in [0.29, 0.717) is 5.95 Å². The average molecular weight is 256 g/mol. The Bertz CT molecular complexity index is 538. The number of hydrogen-bond donors (Lipinski definition) is 1. The third kappa shape index (κ3) is 2.71. The molecule has 0 bridgehead atoms. The lowest BCUT2D eigenvalue weighted by molar-refractivity contribution is 0.145. The Labute approximate surface area is 111 Å². The number of rotatable bonds is 2. The number of aliphatic hydroxyl groups is 1. The van der Waals surface area contributed by atoms with Gasteiger partial charge in [-0.3, -0.25) is 0 Å². The van der Waals surface area contributed by atoms with Crippen LogP contribution in [0.5, 0.6) is 0 Å². The Morgan fingerprint density at radius 2 is 1.84 bits per heavy atom. The number of hydrogen-bond acceptors (Lipinski definition) is 5. The van der Waals surface area contributed by atoms with Crippen LogP contribution in [0.25, 0.3) is 11.3 Å². The number of aliphatic hydroxyl groups excluding tert-OH is 1. The van der Waals surface area contributed by atoms with Crippen LogP contribution in [0.2, 0.25) is 0 Å². The minimum Gasteiger partial charge on any atom is -0.393 e. The first-order valence-electron chi connectivity index (χ1n) is 6.51. The van der Waals surface area contributed by atoms with Crippen LogP contribution in [-0.4, -0.2) is 39.5 Å². The second-order valence-electron chi connectivity index (χ2n) is 4.73. The van der Waals surface area contributed by atoms with Gasteiger partial charge >= 0.3 is 0 Å². The predicted octanol–water partition coefficient (Wildman–Crippen LogP) is 1.50. The van der Waals surface area contributed by atoms with Gasteiger partial charge in [0.1, 0.15) is 0 Å². The van der Waals surface area contributed by atoms with E-state index in [1.54, 1.807) is 6.20 Å². The van der Waals surface area contributed by atoms with E-state index in [2.05, 4.69) is 20.1 Å². The van der Waals surface area contributed by atoms with E-state index in [9.17, 15) is 5.11 Å². The van der Waals surface area contributed by atoms with Crippen molar-refractivity contribution in [1.82, 2.24) is 15.2 Å². The zero-order chi connectivity index (χ0) is 13.1. The van der Waals surface area contributed by atoms with Gasteiger partial charge in [-0.05, 0) is 12.8 Å². The SMILES string of the molecule is OC1CCN(c2nncc(-c3ccccc3)n2)CC1. The lowest BCUT2D eigenvalue weighted by Gasteiger charge is -2.29. The summed E-state index contributed by atoms with van der Waals surface area (Å²) in [4.78, 5) is 6.64. The molecule has 5 nitrogen and oxygen atoms in total. The quantitative estimate of drug-likeness (QED) is 0.882. The summed E-state index contributed by atoms with van der Waals surface area (Å²) in [5.74, 6) is 0.647. The zero-order valence-electron chi connectivity index (χ0n) is 10.6. The molecule has 1 aliphatic rings.